The topological polar surface area (TPSA) is 82.1 Å². The number of phenols is 1. The van der Waals surface area contributed by atoms with Crippen LogP contribution < -0.4 is 14.2 Å². The molecule has 2 rings (SSSR count). The lowest BCUT2D eigenvalue weighted by molar-refractivity contribution is 0.111. The largest absolute Gasteiger partial charge is 0.507 e. The molecule has 0 saturated heterocycles. The lowest BCUT2D eigenvalue weighted by Gasteiger charge is -2.04. The van der Waals surface area contributed by atoms with Gasteiger partial charge >= 0.3 is 0 Å². The predicted octanol–water partition coefficient (Wildman–Crippen LogP) is 2.73. The molecular formula is C17H18O6. The van der Waals surface area contributed by atoms with E-state index in [0.29, 0.717) is 29.1 Å². The van der Waals surface area contributed by atoms with Crippen LogP contribution in [-0.4, -0.2) is 39.0 Å². The fourth-order valence-corrected chi connectivity index (χ4v) is 1.69. The number of methoxy groups -OCH3 is 3. The molecule has 0 atom stereocenters. The van der Waals surface area contributed by atoms with Crippen LogP contribution in [-0.2, 0) is 0 Å². The van der Waals surface area contributed by atoms with Crippen molar-refractivity contribution in [2.24, 2.45) is 0 Å². The molecule has 6 heteroatoms. The summed E-state index contributed by atoms with van der Waals surface area (Å²) in [5, 5.41) is 9.04. The first-order valence-electron chi connectivity index (χ1n) is 6.59. The van der Waals surface area contributed by atoms with E-state index in [4.69, 9.17) is 19.3 Å². The number of aldehydes is 2. The molecule has 0 radical (unpaired) electrons. The summed E-state index contributed by atoms with van der Waals surface area (Å²) in [5.74, 6) is 1.74. The zero-order chi connectivity index (χ0) is 17.2. The van der Waals surface area contributed by atoms with E-state index >= 15 is 0 Å². The molecule has 0 aromatic heterocycles. The van der Waals surface area contributed by atoms with E-state index in [9.17, 15) is 9.59 Å². The fourth-order valence-electron chi connectivity index (χ4n) is 1.69. The van der Waals surface area contributed by atoms with Crippen LogP contribution in [0.1, 0.15) is 20.7 Å². The predicted molar refractivity (Wildman–Crippen MR) is 85.0 cm³/mol. The second kappa shape index (κ2) is 9.09. The van der Waals surface area contributed by atoms with Gasteiger partial charge in [-0.25, -0.2) is 0 Å². The van der Waals surface area contributed by atoms with Gasteiger partial charge < -0.3 is 19.3 Å². The van der Waals surface area contributed by atoms with Gasteiger partial charge in [0.1, 0.15) is 23.0 Å². The maximum absolute atomic E-state index is 10.5. The molecule has 0 spiro atoms. The zero-order valence-electron chi connectivity index (χ0n) is 13.1. The molecule has 122 valence electrons. The maximum Gasteiger partial charge on any atom is 0.153 e. The summed E-state index contributed by atoms with van der Waals surface area (Å²) >= 11 is 0. The van der Waals surface area contributed by atoms with Gasteiger partial charge in [-0.05, 0) is 36.4 Å². The van der Waals surface area contributed by atoms with Crippen molar-refractivity contribution in [3.63, 3.8) is 0 Å². The highest BCUT2D eigenvalue weighted by molar-refractivity contribution is 5.80. The van der Waals surface area contributed by atoms with Crippen LogP contribution in [0.2, 0.25) is 0 Å². The Morgan fingerprint density at radius 3 is 1.78 bits per heavy atom. The number of carbonyl (C=O) groups excluding carboxylic acids is 2. The molecule has 2 aromatic carbocycles. The third kappa shape index (κ3) is 5.03. The smallest absolute Gasteiger partial charge is 0.153 e. The maximum atomic E-state index is 10.5. The lowest BCUT2D eigenvalue weighted by atomic mass is 10.2. The third-order valence-electron chi connectivity index (χ3n) is 2.93. The fraction of sp³-hybridized carbons (Fsp3) is 0.176. The monoisotopic (exact) mass is 318 g/mol. The van der Waals surface area contributed by atoms with E-state index in [1.807, 2.05) is 0 Å². The van der Waals surface area contributed by atoms with Crippen LogP contribution >= 0.6 is 0 Å². The molecule has 0 unspecified atom stereocenters. The molecule has 2 aromatic rings. The Labute approximate surface area is 134 Å². The Bertz CT molecular complexity index is 666. The summed E-state index contributed by atoms with van der Waals surface area (Å²) in [5.41, 5.74) is 0.737. The summed E-state index contributed by atoms with van der Waals surface area (Å²) in [6.07, 6.45) is 1.32. The van der Waals surface area contributed by atoms with Crippen molar-refractivity contribution >= 4 is 12.6 Å². The van der Waals surface area contributed by atoms with Crippen LogP contribution in [0, 0.1) is 0 Å². The van der Waals surface area contributed by atoms with Gasteiger partial charge in [0, 0.05) is 0 Å². The van der Waals surface area contributed by atoms with Crippen molar-refractivity contribution in [3.8, 4) is 23.0 Å². The average Bonchev–Trinajstić information content (AvgIpc) is 2.62. The summed E-state index contributed by atoms with van der Waals surface area (Å²) < 4.78 is 14.7. The standard InChI is InChI=1S/C9H10O3.C8H8O3/c1-11-8-3-4-9(12-2)7(5-8)6-10;1-11-7-2-3-8(10)6(4-7)5-9/h3-6H,1-2H3;2-5,10H,1H3. The molecule has 1 N–H and O–H groups in total. The highest BCUT2D eigenvalue weighted by Crippen LogP contribution is 2.22. The minimum Gasteiger partial charge on any atom is -0.507 e. The van der Waals surface area contributed by atoms with Gasteiger partial charge in [0.15, 0.2) is 12.6 Å². The number of ether oxygens (including phenoxy) is 3. The zero-order valence-corrected chi connectivity index (χ0v) is 13.1. The Hall–Kier alpha value is -3.02. The molecule has 0 fully saturated rings. The van der Waals surface area contributed by atoms with Crippen molar-refractivity contribution in [3.05, 3.63) is 47.5 Å². The summed E-state index contributed by atoms with van der Waals surface area (Å²) in [6.45, 7) is 0. The van der Waals surface area contributed by atoms with Gasteiger partial charge in [0.05, 0.1) is 32.5 Å². The second-order valence-electron chi connectivity index (χ2n) is 4.27. The van der Waals surface area contributed by atoms with Crippen LogP contribution in [0.5, 0.6) is 23.0 Å². The Morgan fingerprint density at radius 1 is 0.783 bits per heavy atom. The van der Waals surface area contributed by atoms with E-state index in [1.54, 1.807) is 31.4 Å². The van der Waals surface area contributed by atoms with Gasteiger partial charge in [0.25, 0.3) is 0 Å². The minimum atomic E-state index is -0.0270. The van der Waals surface area contributed by atoms with Crippen molar-refractivity contribution in [1.82, 2.24) is 0 Å². The average molecular weight is 318 g/mol. The number of rotatable bonds is 5. The van der Waals surface area contributed by atoms with Crippen molar-refractivity contribution in [2.75, 3.05) is 21.3 Å². The van der Waals surface area contributed by atoms with Crippen LogP contribution in [0.25, 0.3) is 0 Å². The third-order valence-corrected chi connectivity index (χ3v) is 2.93. The number of phenolic OH excluding ortho intramolecular Hbond substituents is 1. The lowest BCUT2D eigenvalue weighted by Crippen LogP contribution is -1.91. The molecule has 0 saturated carbocycles. The first kappa shape index (κ1) is 18.0. The molecular weight excluding hydrogens is 300 g/mol. The SMILES string of the molecule is COc1ccc(O)c(C=O)c1.COc1ccc(OC)c(C=O)c1. The number of hydrogen-bond donors (Lipinski definition) is 1. The number of hydrogen-bond acceptors (Lipinski definition) is 6. The number of aromatic hydroxyl groups is 1. The Balaban J connectivity index is 0.000000231. The van der Waals surface area contributed by atoms with E-state index in [-0.39, 0.29) is 11.3 Å². The summed E-state index contributed by atoms with van der Waals surface area (Å²) in [7, 11) is 4.58. The molecule has 6 nitrogen and oxygen atoms in total. The first-order valence-corrected chi connectivity index (χ1v) is 6.59. The quantitative estimate of drug-likeness (QED) is 0.854. The van der Waals surface area contributed by atoms with Crippen molar-refractivity contribution in [2.45, 2.75) is 0 Å². The van der Waals surface area contributed by atoms with Gasteiger partial charge in [-0.15, -0.1) is 0 Å². The molecule has 0 heterocycles. The van der Waals surface area contributed by atoms with Gasteiger partial charge in [-0.2, -0.15) is 0 Å². The van der Waals surface area contributed by atoms with E-state index in [0.717, 1.165) is 6.29 Å². The second-order valence-corrected chi connectivity index (χ2v) is 4.27. The first-order chi connectivity index (χ1) is 11.1. The molecule has 0 aliphatic heterocycles. The Kier molecular flexibility index (Phi) is 7.13. The minimum absolute atomic E-state index is 0.0270. The van der Waals surface area contributed by atoms with Gasteiger partial charge in [0.2, 0.25) is 0 Å². The van der Waals surface area contributed by atoms with Crippen LogP contribution in [0.4, 0.5) is 0 Å². The number of benzene rings is 2. The van der Waals surface area contributed by atoms with E-state index in [2.05, 4.69) is 0 Å². The number of carbonyl (C=O) groups is 2. The molecule has 0 amide bonds. The highest BCUT2D eigenvalue weighted by Gasteiger charge is 2.02. The van der Waals surface area contributed by atoms with Gasteiger partial charge in [-0.3, -0.25) is 9.59 Å². The van der Waals surface area contributed by atoms with Crippen LogP contribution in [0.15, 0.2) is 36.4 Å². The Morgan fingerprint density at radius 2 is 1.30 bits per heavy atom. The van der Waals surface area contributed by atoms with Crippen LogP contribution in [0.3, 0.4) is 0 Å². The molecule has 0 aliphatic rings. The highest BCUT2D eigenvalue weighted by atomic mass is 16.5. The molecule has 0 bridgehead atoms. The molecule has 23 heavy (non-hydrogen) atoms. The molecule has 0 aliphatic carbocycles. The van der Waals surface area contributed by atoms with Crippen molar-refractivity contribution in [1.29, 1.82) is 0 Å². The van der Waals surface area contributed by atoms with E-state index < -0.39 is 0 Å². The normalized spacial score (nSPS) is 9.17. The van der Waals surface area contributed by atoms with Gasteiger partial charge in [-0.1, -0.05) is 0 Å². The summed E-state index contributed by atoms with van der Waals surface area (Å²) in [6, 6.07) is 9.55. The van der Waals surface area contributed by atoms with Crippen molar-refractivity contribution < 1.29 is 28.9 Å². The van der Waals surface area contributed by atoms with E-state index in [1.165, 1.54) is 26.4 Å². The summed E-state index contributed by atoms with van der Waals surface area (Å²) in [4.78, 5) is 20.8.